The van der Waals surface area contributed by atoms with Crippen molar-refractivity contribution in [2.45, 2.75) is 38.8 Å². The maximum absolute atomic E-state index is 5.07. The first-order valence-electron chi connectivity index (χ1n) is 11.0. The zero-order valence-electron chi connectivity index (χ0n) is 18.5. The van der Waals surface area contributed by atoms with Gasteiger partial charge >= 0.3 is 0 Å². The molecule has 1 aliphatic rings. The molecule has 0 spiro atoms. The van der Waals surface area contributed by atoms with Crippen molar-refractivity contribution in [1.29, 1.82) is 0 Å². The van der Waals surface area contributed by atoms with Gasteiger partial charge in [0.05, 0.1) is 11.2 Å². The molecule has 1 unspecified atom stereocenters. The van der Waals surface area contributed by atoms with E-state index in [9.17, 15) is 0 Å². The van der Waals surface area contributed by atoms with Gasteiger partial charge in [-0.1, -0.05) is 48.5 Å². The van der Waals surface area contributed by atoms with Gasteiger partial charge in [-0.3, -0.25) is 4.57 Å². The summed E-state index contributed by atoms with van der Waals surface area (Å²) in [4.78, 5) is 12.5. The molecule has 5 nitrogen and oxygen atoms in total. The minimum atomic E-state index is 0.522. The maximum atomic E-state index is 5.07. The Labute approximate surface area is 183 Å². The van der Waals surface area contributed by atoms with Crippen molar-refractivity contribution in [3.63, 3.8) is 0 Å². The Hall–Kier alpha value is -3.18. The van der Waals surface area contributed by atoms with Crippen molar-refractivity contribution in [2.24, 2.45) is 0 Å². The molecular weight excluding hydrogens is 382 g/mol. The second-order valence-electron chi connectivity index (χ2n) is 8.68. The molecule has 5 heteroatoms. The van der Waals surface area contributed by atoms with Gasteiger partial charge in [0.2, 0.25) is 5.95 Å². The van der Waals surface area contributed by atoms with Crippen LogP contribution in [0.5, 0.6) is 0 Å². The van der Waals surface area contributed by atoms with E-state index in [1.165, 1.54) is 22.2 Å². The smallest absolute Gasteiger partial charge is 0.236 e. The summed E-state index contributed by atoms with van der Waals surface area (Å²) in [6, 6.07) is 21.7. The zero-order chi connectivity index (χ0) is 21.4. The van der Waals surface area contributed by atoms with E-state index in [4.69, 9.17) is 9.97 Å². The molecule has 0 saturated carbocycles. The van der Waals surface area contributed by atoms with E-state index in [2.05, 4.69) is 96.5 Å². The van der Waals surface area contributed by atoms with Crippen molar-refractivity contribution < 1.29 is 0 Å². The topological polar surface area (TPSA) is 46.0 Å². The van der Waals surface area contributed by atoms with Crippen molar-refractivity contribution in [1.82, 2.24) is 19.4 Å². The van der Waals surface area contributed by atoms with Crippen molar-refractivity contribution >= 4 is 16.7 Å². The lowest BCUT2D eigenvalue weighted by Crippen LogP contribution is -2.34. The molecular formula is C26H29N5. The van der Waals surface area contributed by atoms with Gasteiger partial charge in [-0.25, -0.2) is 4.98 Å². The summed E-state index contributed by atoms with van der Waals surface area (Å²) in [5.41, 5.74) is 5.99. The van der Waals surface area contributed by atoms with Gasteiger partial charge in [0.25, 0.3) is 0 Å². The highest BCUT2D eigenvalue weighted by molar-refractivity contribution is 5.82. The number of hydrogen-bond donors (Lipinski definition) is 1. The summed E-state index contributed by atoms with van der Waals surface area (Å²) < 4.78 is 2.18. The van der Waals surface area contributed by atoms with E-state index in [1.54, 1.807) is 0 Å². The summed E-state index contributed by atoms with van der Waals surface area (Å²) in [5, 5.41) is 4.85. The number of rotatable bonds is 5. The van der Waals surface area contributed by atoms with Crippen molar-refractivity contribution in [3.8, 4) is 5.95 Å². The molecule has 1 aliphatic carbocycles. The van der Waals surface area contributed by atoms with Crippen LogP contribution < -0.4 is 5.32 Å². The lowest BCUT2D eigenvalue weighted by atomic mass is 9.91. The predicted molar refractivity (Wildman–Crippen MR) is 127 cm³/mol. The average molecular weight is 412 g/mol. The minimum Gasteiger partial charge on any atom is -0.366 e. The molecule has 5 rings (SSSR count). The standard InChI is InChI=1S/C26H29N5/c1-18-15-20-11-7-8-12-24(20)31(18)26-28-23-14-13-21(30(2)3)16-22(23)25(29-26)27-17-19-9-5-4-6-10-19/h4-12,15,21H,13-14,16-17H2,1-3H3,(H,27,28,29). The number of benzene rings is 2. The zero-order valence-corrected chi connectivity index (χ0v) is 18.5. The minimum absolute atomic E-state index is 0.522. The monoisotopic (exact) mass is 411 g/mol. The van der Waals surface area contributed by atoms with Gasteiger partial charge in [0, 0.05) is 29.2 Å². The summed E-state index contributed by atoms with van der Waals surface area (Å²) in [5.74, 6) is 1.73. The highest BCUT2D eigenvalue weighted by atomic mass is 15.2. The molecule has 0 fully saturated rings. The van der Waals surface area contributed by atoms with E-state index in [0.717, 1.165) is 48.8 Å². The largest absolute Gasteiger partial charge is 0.366 e. The first kappa shape index (κ1) is 19.8. The molecule has 4 aromatic rings. The van der Waals surface area contributed by atoms with Crippen LogP contribution in [0.15, 0.2) is 60.7 Å². The fourth-order valence-corrected chi connectivity index (χ4v) is 4.61. The van der Waals surface area contributed by atoms with Crippen molar-refractivity contribution in [2.75, 3.05) is 19.4 Å². The molecule has 0 bridgehead atoms. The van der Waals surface area contributed by atoms with Crippen LogP contribution in [-0.2, 0) is 19.4 Å². The lowest BCUT2D eigenvalue weighted by molar-refractivity contribution is 0.266. The van der Waals surface area contributed by atoms with Crippen LogP contribution in [0.4, 0.5) is 5.82 Å². The predicted octanol–water partition coefficient (Wildman–Crippen LogP) is 4.76. The Bertz CT molecular complexity index is 1210. The molecule has 1 atom stereocenters. The van der Waals surface area contributed by atoms with Gasteiger partial charge in [-0.05, 0) is 58.0 Å². The van der Waals surface area contributed by atoms with Crippen LogP contribution in [0.2, 0.25) is 0 Å². The lowest BCUT2D eigenvalue weighted by Gasteiger charge is -2.30. The number of likely N-dealkylation sites (N-methyl/N-ethyl adjacent to an activating group) is 1. The van der Waals surface area contributed by atoms with Crippen molar-refractivity contribution in [3.05, 3.63) is 83.2 Å². The quantitative estimate of drug-likeness (QED) is 0.514. The average Bonchev–Trinajstić information content (AvgIpc) is 3.13. The molecule has 0 amide bonds. The second kappa shape index (κ2) is 8.16. The normalized spacial score (nSPS) is 15.9. The third kappa shape index (κ3) is 3.81. The van der Waals surface area contributed by atoms with E-state index in [1.807, 2.05) is 0 Å². The number of aryl methyl sites for hydroxylation is 2. The SMILES string of the molecule is Cc1cc2ccccc2n1-c1nc2c(c(NCc3ccccc3)n1)CC(N(C)C)CC2. The molecule has 158 valence electrons. The van der Waals surface area contributed by atoms with Crippen LogP contribution in [0.1, 0.15) is 28.9 Å². The van der Waals surface area contributed by atoms with Gasteiger partial charge in [0.1, 0.15) is 5.82 Å². The molecule has 2 aromatic carbocycles. The first-order chi connectivity index (χ1) is 15.1. The van der Waals surface area contributed by atoms with Gasteiger partial charge in [-0.2, -0.15) is 4.98 Å². The third-order valence-electron chi connectivity index (χ3n) is 6.36. The highest BCUT2D eigenvalue weighted by Gasteiger charge is 2.26. The van der Waals surface area contributed by atoms with Crippen LogP contribution in [0.25, 0.3) is 16.9 Å². The Morgan fingerprint density at radius 3 is 2.61 bits per heavy atom. The molecule has 0 saturated heterocycles. The first-order valence-corrected chi connectivity index (χ1v) is 11.0. The summed E-state index contributed by atoms with van der Waals surface area (Å²) in [7, 11) is 4.33. The number of nitrogens with zero attached hydrogens (tertiary/aromatic N) is 4. The number of nitrogens with one attached hydrogen (secondary N) is 1. The molecule has 1 N–H and O–H groups in total. The summed E-state index contributed by atoms with van der Waals surface area (Å²) in [6.07, 6.45) is 3.08. The van der Waals surface area contributed by atoms with E-state index >= 15 is 0 Å². The summed E-state index contributed by atoms with van der Waals surface area (Å²) in [6.45, 7) is 2.88. The summed E-state index contributed by atoms with van der Waals surface area (Å²) >= 11 is 0. The number of para-hydroxylation sites is 1. The van der Waals surface area contributed by atoms with Gasteiger partial charge in [0.15, 0.2) is 0 Å². The van der Waals surface area contributed by atoms with Gasteiger partial charge < -0.3 is 10.2 Å². The molecule has 2 heterocycles. The van der Waals surface area contributed by atoms with E-state index < -0.39 is 0 Å². The Morgan fingerprint density at radius 1 is 1.03 bits per heavy atom. The Balaban J connectivity index is 1.59. The van der Waals surface area contributed by atoms with Gasteiger partial charge in [-0.15, -0.1) is 0 Å². The fourth-order valence-electron chi connectivity index (χ4n) is 4.61. The van der Waals surface area contributed by atoms with Crippen LogP contribution in [0.3, 0.4) is 0 Å². The third-order valence-corrected chi connectivity index (χ3v) is 6.36. The highest BCUT2D eigenvalue weighted by Crippen LogP contribution is 2.30. The molecule has 31 heavy (non-hydrogen) atoms. The number of hydrogen-bond acceptors (Lipinski definition) is 4. The maximum Gasteiger partial charge on any atom is 0.236 e. The number of fused-ring (bicyclic) bond motifs is 2. The van der Waals surface area contributed by atoms with E-state index in [-0.39, 0.29) is 0 Å². The number of anilines is 1. The Kier molecular flexibility index (Phi) is 5.20. The van der Waals surface area contributed by atoms with Crippen LogP contribution >= 0.6 is 0 Å². The number of aromatic nitrogens is 3. The van der Waals surface area contributed by atoms with E-state index in [0.29, 0.717) is 6.04 Å². The Morgan fingerprint density at radius 2 is 1.81 bits per heavy atom. The fraction of sp³-hybridized carbons (Fsp3) is 0.308. The van der Waals surface area contributed by atoms with Crippen LogP contribution in [0, 0.1) is 6.92 Å². The second-order valence-corrected chi connectivity index (χ2v) is 8.68. The molecule has 0 aliphatic heterocycles. The molecule has 0 radical (unpaired) electrons. The molecule has 2 aromatic heterocycles. The van der Waals surface area contributed by atoms with Crippen LogP contribution in [-0.4, -0.2) is 39.6 Å².